The molecule has 16 heteroatoms. The van der Waals surface area contributed by atoms with E-state index in [0.717, 1.165) is 12.2 Å². The molecule has 150 valence electrons. The maximum absolute atomic E-state index is 10.8. The molecule has 1 aromatic rings. The highest BCUT2D eigenvalue weighted by molar-refractivity contribution is 7.90. The van der Waals surface area contributed by atoms with Gasteiger partial charge >= 0.3 is 31.1 Å². The van der Waals surface area contributed by atoms with Crippen LogP contribution in [0, 0.1) is 0 Å². The first-order valence-electron chi connectivity index (χ1n) is 6.09. The number of hydrogen-bond donors (Lipinski definition) is 3. The van der Waals surface area contributed by atoms with Gasteiger partial charge in [0.15, 0.2) is 0 Å². The van der Waals surface area contributed by atoms with E-state index in [1.54, 1.807) is 6.20 Å². The highest BCUT2D eigenvalue weighted by Gasteiger charge is 2.43. The molecule has 8 nitrogen and oxygen atoms in total. The van der Waals surface area contributed by atoms with Crippen LogP contribution in [0.25, 0.3) is 0 Å². The Morgan fingerprint density at radius 2 is 1.36 bits per heavy atom. The van der Waals surface area contributed by atoms with Crippen LogP contribution >= 0.6 is 0 Å². The van der Waals surface area contributed by atoms with Gasteiger partial charge in [-0.25, -0.2) is 32.1 Å². The number of nitrogens with zero attached hydrogens (tertiary/aromatic N) is 1. The molecule has 1 heterocycles. The van der Waals surface area contributed by atoms with Gasteiger partial charge in [0.1, 0.15) is 5.82 Å². The third kappa shape index (κ3) is 12.6. The van der Waals surface area contributed by atoms with E-state index in [1.807, 2.05) is 6.20 Å². The third-order valence-corrected chi connectivity index (χ3v) is 3.26. The molecule has 0 bridgehead atoms. The number of aromatic amines is 1. The van der Waals surface area contributed by atoms with E-state index in [2.05, 4.69) is 27.2 Å². The minimum Gasteiger partial charge on any atom is -0.349 e. The van der Waals surface area contributed by atoms with Crippen molar-refractivity contribution in [2.75, 3.05) is 0 Å². The molecule has 0 aliphatic carbocycles. The van der Waals surface area contributed by atoms with Gasteiger partial charge < -0.3 is 4.98 Å². The first-order chi connectivity index (χ1) is 10.9. The van der Waals surface area contributed by atoms with Gasteiger partial charge in [-0.05, 0) is 6.42 Å². The van der Waals surface area contributed by atoms with Gasteiger partial charge in [0, 0.05) is 18.8 Å². The van der Waals surface area contributed by atoms with E-state index in [1.165, 1.54) is 12.8 Å². The van der Waals surface area contributed by atoms with Crippen molar-refractivity contribution in [3.05, 3.63) is 18.2 Å². The maximum atomic E-state index is 10.8. The Balaban J connectivity index is 0. The summed E-state index contributed by atoms with van der Waals surface area (Å²) < 4.78 is 102. The summed E-state index contributed by atoms with van der Waals surface area (Å²) >= 11 is 0. The Kier molecular flexibility index (Phi) is 10.3. The summed E-state index contributed by atoms with van der Waals surface area (Å²) in [5, 5.41) is 7.32. The van der Waals surface area contributed by atoms with Crippen LogP contribution in [0.4, 0.5) is 26.3 Å². The summed E-state index contributed by atoms with van der Waals surface area (Å²) in [4.78, 5) is 7.16. The number of alkyl halides is 6. The molecule has 25 heavy (non-hydrogen) atoms. The normalized spacial score (nSPS) is 12.5. The van der Waals surface area contributed by atoms with Gasteiger partial charge in [-0.3, -0.25) is 0 Å². The zero-order valence-corrected chi connectivity index (χ0v) is 14.2. The molecule has 0 unspecified atom stereocenters. The van der Waals surface area contributed by atoms with Crippen molar-refractivity contribution in [3.63, 3.8) is 0 Å². The maximum Gasteiger partial charge on any atom is 0.511 e. The van der Waals surface area contributed by atoms with E-state index in [9.17, 15) is 43.2 Å². The van der Waals surface area contributed by atoms with Crippen molar-refractivity contribution in [2.24, 2.45) is 10.3 Å². The molecule has 0 fully saturated rings. The van der Waals surface area contributed by atoms with Crippen molar-refractivity contribution in [1.82, 2.24) is 9.97 Å². The average molecular weight is 422 g/mol. The van der Waals surface area contributed by atoms with Crippen LogP contribution in [0.2, 0.25) is 0 Å². The SMILES string of the molecule is CCCCc1ncc[nH]1.NS(=O)(=O)C(F)(F)F.NS(=O)(=O)C(F)(F)F. The van der Waals surface area contributed by atoms with Crippen LogP contribution in [0.5, 0.6) is 0 Å². The van der Waals surface area contributed by atoms with Crippen LogP contribution in [-0.4, -0.2) is 37.8 Å². The van der Waals surface area contributed by atoms with Crippen LogP contribution in [0.3, 0.4) is 0 Å². The monoisotopic (exact) mass is 422 g/mol. The number of hydrogen-bond acceptors (Lipinski definition) is 5. The minimum absolute atomic E-state index is 1.09. The zero-order valence-electron chi connectivity index (χ0n) is 12.6. The minimum atomic E-state index is -5.34. The lowest BCUT2D eigenvalue weighted by atomic mass is 10.2. The molecular formula is C9H16F6N4O4S2. The smallest absolute Gasteiger partial charge is 0.349 e. The lowest BCUT2D eigenvalue weighted by molar-refractivity contribution is -0.0441. The van der Waals surface area contributed by atoms with E-state index in [0.29, 0.717) is 0 Å². The van der Waals surface area contributed by atoms with E-state index < -0.39 is 31.1 Å². The summed E-state index contributed by atoms with van der Waals surface area (Å²) in [6.45, 7) is 2.18. The van der Waals surface area contributed by atoms with Gasteiger partial charge in [0.25, 0.3) is 0 Å². The number of halogens is 6. The second kappa shape index (κ2) is 9.93. The van der Waals surface area contributed by atoms with Crippen molar-refractivity contribution >= 4 is 20.0 Å². The van der Waals surface area contributed by atoms with Crippen molar-refractivity contribution in [3.8, 4) is 0 Å². The zero-order chi connectivity index (χ0) is 20.5. The van der Waals surface area contributed by atoms with Crippen LogP contribution in [-0.2, 0) is 26.5 Å². The fraction of sp³-hybridized carbons (Fsp3) is 0.667. The van der Waals surface area contributed by atoms with Crippen LogP contribution in [0.1, 0.15) is 25.6 Å². The molecule has 0 radical (unpaired) electrons. The largest absolute Gasteiger partial charge is 0.511 e. The number of H-pyrrole nitrogens is 1. The van der Waals surface area contributed by atoms with Crippen LogP contribution in [0.15, 0.2) is 12.4 Å². The number of sulfonamides is 2. The molecule has 0 spiro atoms. The Labute approximate surface area is 139 Å². The molecule has 0 aliphatic heterocycles. The van der Waals surface area contributed by atoms with Gasteiger partial charge in [0.05, 0.1) is 0 Å². The van der Waals surface area contributed by atoms with Crippen LogP contribution < -0.4 is 10.3 Å². The van der Waals surface area contributed by atoms with E-state index in [4.69, 9.17) is 0 Å². The topological polar surface area (TPSA) is 149 Å². The van der Waals surface area contributed by atoms with Gasteiger partial charge in [-0.1, -0.05) is 13.3 Å². The number of primary sulfonamides is 2. The highest BCUT2D eigenvalue weighted by atomic mass is 32.2. The predicted molar refractivity (Wildman–Crippen MR) is 75.5 cm³/mol. The number of aryl methyl sites for hydroxylation is 1. The van der Waals surface area contributed by atoms with Crippen molar-refractivity contribution in [2.45, 2.75) is 37.2 Å². The Bertz CT molecular complexity index is 641. The molecule has 0 aromatic carbocycles. The third-order valence-electron chi connectivity index (χ3n) is 1.97. The molecule has 1 aromatic heterocycles. The molecule has 0 saturated carbocycles. The molecule has 0 atom stereocenters. The van der Waals surface area contributed by atoms with Gasteiger partial charge in [-0.2, -0.15) is 26.3 Å². The standard InChI is InChI=1S/C7H12N2.2CH2F3NO2S/c1-2-3-4-7-8-5-6-9-7;2*2-1(3,4)8(5,6)7/h5-6H,2-4H2,1H3,(H,8,9);2*(H2,5,6,7). The van der Waals surface area contributed by atoms with Gasteiger partial charge in [0.2, 0.25) is 0 Å². The second-order valence-corrected chi connectivity index (χ2v) is 7.23. The Morgan fingerprint density at radius 3 is 1.56 bits per heavy atom. The number of rotatable bonds is 3. The van der Waals surface area contributed by atoms with E-state index in [-0.39, 0.29) is 0 Å². The second-order valence-electron chi connectivity index (χ2n) is 4.12. The summed E-state index contributed by atoms with van der Waals surface area (Å²) in [6.07, 6.45) is 7.22. The number of nitrogens with one attached hydrogen (secondary N) is 1. The molecule has 5 N–H and O–H groups in total. The van der Waals surface area contributed by atoms with Crippen molar-refractivity contribution < 1.29 is 43.2 Å². The number of nitrogens with two attached hydrogens (primary N) is 2. The predicted octanol–water partition coefficient (Wildman–Crippen LogP) is 1.34. The molecule has 0 aliphatic rings. The number of aromatic nitrogens is 2. The fourth-order valence-corrected chi connectivity index (χ4v) is 0.779. The first-order valence-corrected chi connectivity index (χ1v) is 9.19. The molecule has 1 rings (SSSR count). The first kappa shape index (κ1) is 25.8. The Morgan fingerprint density at radius 1 is 1.00 bits per heavy atom. The molecular weight excluding hydrogens is 406 g/mol. The summed E-state index contributed by atoms with van der Waals surface area (Å²) in [6, 6.07) is 0. The lowest BCUT2D eigenvalue weighted by Crippen LogP contribution is -2.30. The number of unbranched alkanes of at least 4 members (excludes halogenated alkanes) is 1. The van der Waals surface area contributed by atoms with Gasteiger partial charge in [-0.15, -0.1) is 0 Å². The number of imidazole rings is 1. The summed E-state index contributed by atoms with van der Waals surface area (Å²) in [5.41, 5.74) is -10.6. The Hall–Kier alpha value is -1.39. The van der Waals surface area contributed by atoms with Crippen molar-refractivity contribution in [1.29, 1.82) is 0 Å². The quantitative estimate of drug-likeness (QED) is 0.629. The lowest BCUT2D eigenvalue weighted by Gasteiger charge is -1.98. The molecule has 0 saturated heterocycles. The molecule has 0 amide bonds. The summed E-state index contributed by atoms with van der Waals surface area (Å²) in [7, 11) is -10.7. The highest BCUT2D eigenvalue weighted by Crippen LogP contribution is 2.19. The summed E-state index contributed by atoms with van der Waals surface area (Å²) in [5.74, 6) is 1.11. The van der Waals surface area contributed by atoms with E-state index >= 15 is 0 Å². The fourth-order valence-electron chi connectivity index (χ4n) is 0.779. The average Bonchev–Trinajstić information content (AvgIpc) is 2.86.